The van der Waals surface area contributed by atoms with E-state index in [2.05, 4.69) is 27.8 Å². The monoisotopic (exact) mass is 273 g/mol. The van der Waals surface area contributed by atoms with Crippen molar-refractivity contribution in [2.24, 2.45) is 0 Å². The molecule has 0 saturated carbocycles. The summed E-state index contributed by atoms with van der Waals surface area (Å²) in [5.41, 5.74) is 0. The van der Waals surface area contributed by atoms with Crippen LogP contribution >= 0.6 is 15.9 Å². The number of rotatable bonds is 2. The van der Waals surface area contributed by atoms with Crippen LogP contribution in [0.2, 0.25) is 0 Å². The Hall–Kier alpha value is -0.320. The molecule has 0 aromatic carbocycles. The fraction of sp³-hybridized carbons (Fsp3) is 0.636. The Labute approximate surface area is 98.5 Å². The smallest absolute Gasteiger partial charge is 0.169 e. The molecule has 0 radical (unpaired) electrons. The second-order valence-corrected chi connectivity index (χ2v) is 4.76. The molecule has 0 amide bonds. The molecule has 0 aliphatic carbocycles. The Balaban J connectivity index is 1.92. The molecule has 1 saturated heterocycles. The average molecular weight is 274 g/mol. The molecule has 3 nitrogen and oxygen atoms in total. The third-order valence-corrected chi connectivity index (χ3v) is 2.97. The summed E-state index contributed by atoms with van der Waals surface area (Å²) in [6, 6.07) is 3.95. The van der Waals surface area contributed by atoms with Crippen LogP contribution in [0.4, 0.5) is 0 Å². The van der Waals surface area contributed by atoms with E-state index in [1.807, 2.05) is 12.1 Å². The third kappa shape index (κ3) is 3.33. The minimum atomic E-state index is 0.325. The first-order valence-electron chi connectivity index (χ1n) is 5.32. The lowest BCUT2D eigenvalue weighted by atomic mass is 10.3. The van der Waals surface area contributed by atoms with E-state index in [4.69, 9.17) is 9.15 Å². The lowest BCUT2D eigenvalue weighted by Gasteiger charge is -2.20. The molecule has 1 atom stereocenters. The fourth-order valence-corrected chi connectivity index (χ4v) is 2.22. The second-order valence-electron chi connectivity index (χ2n) is 3.98. The third-order valence-electron chi connectivity index (χ3n) is 2.54. The summed E-state index contributed by atoms with van der Waals surface area (Å²) in [6.45, 7) is 5.94. The summed E-state index contributed by atoms with van der Waals surface area (Å²) in [6.07, 6.45) is 1.43. The van der Waals surface area contributed by atoms with Gasteiger partial charge in [-0.2, -0.15) is 0 Å². The molecule has 1 fully saturated rings. The minimum absolute atomic E-state index is 0.325. The molecular formula is C11H16BrNO2. The van der Waals surface area contributed by atoms with Gasteiger partial charge in [0.2, 0.25) is 0 Å². The zero-order chi connectivity index (χ0) is 10.7. The summed E-state index contributed by atoms with van der Waals surface area (Å²) < 4.78 is 11.9. The number of ether oxygens (including phenoxy) is 1. The molecule has 0 N–H and O–H groups in total. The molecule has 15 heavy (non-hydrogen) atoms. The van der Waals surface area contributed by atoms with Crippen LogP contribution in [0.15, 0.2) is 21.2 Å². The summed E-state index contributed by atoms with van der Waals surface area (Å²) >= 11 is 3.31. The van der Waals surface area contributed by atoms with Gasteiger partial charge in [0.25, 0.3) is 0 Å². The van der Waals surface area contributed by atoms with E-state index in [0.717, 1.165) is 43.1 Å². The zero-order valence-electron chi connectivity index (χ0n) is 8.91. The SMILES string of the molecule is CC1CN(Cc2ccc(Br)o2)CCCO1. The first-order chi connectivity index (χ1) is 7.24. The van der Waals surface area contributed by atoms with Gasteiger partial charge in [-0.1, -0.05) is 0 Å². The second kappa shape index (κ2) is 5.14. The standard InChI is InChI=1S/C11H16BrNO2/c1-9-7-13(5-2-6-14-9)8-10-3-4-11(12)15-10/h3-4,9H,2,5-8H2,1H3. The van der Waals surface area contributed by atoms with Crippen LogP contribution in [0.25, 0.3) is 0 Å². The van der Waals surface area contributed by atoms with E-state index in [1.54, 1.807) is 0 Å². The van der Waals surface area contributed by atoms with Crippen molar-refractivity contribution in [3.05, 3.63) is 22.6 Å². The van der Waals surface area contributed by atoms with Crippen LogP contribution in [0.5, 0.6) is 0 Å². The first-order valence-corrected chi connectivity index (χ1v) is 6.11. The maximum absolute atomic E-state index is 5.59. The molecule has 84 valence electrons. The highest BCUT2D eigenvalue weighted by Crippen LogP contribution is 2.17. The molecule has 4 heteroatoms. The van der Waals surface area contributed by atoms with E-state index in [-0.39, 0.29) is 0 Å². The average Bonchev–Trinajstić information content (AvgIpc) is 2.46. The van der Waals surface area contributed by atoms with E-state index >= 15 is 0 Å². The highest BCUT2D eigenvalue weighted by atomic mass is 79.9. The Bertz CT molecular complexity index is 313. The lowest BCUT2D eigenvalue weighted by molar-refractivity contribution is 0.0658. The van der Waals surface area contributed by atoms with Gasteiger partial charge in [-0.05, 0) is 41.4 Å². The first kappa shape index (κ1) is 11.2. The molecule has 1 aliphatic heterocycles. The Morgan fingerprint density at radius 2 is 2.40 bits per heavy atom. The Morgan fingerprint density at radius 3 is 3.13 bits per heavy atom. The van der Waals surface area contributed by atoms with Crippen molar-refractivity contribution >= 4 is 15.9 Å². The van der Waals surface area contributed by atoms with Crippen molar-refractivity contribution < 1.29 is 9.15 Å². The van der Waals surface area contributed by atoms with Crippen molar-refractivity contribution in [2.45, 2.75) is 26.0 Å². The highest BCUT2D eigenvalue weighted by molar-refractivity contribution is 9.10. The van der Waals surface area contributed by atoms with Crippen LogP contribution in [0.1, 0.15) is 19.1 Å². The Kier molecular flexibility index (Phi) is 3.83. The van der Waals surface area contributed by atoms with Gasteiger partial charge in [-0.25, -0.2) is 0 Å². The van der Waals surface area contributed by atoms with E-state index < -0.39 is 0 Å². The number of hydrogen-bond donors (Lipinski definition) is 0. The molecule has 0 bridgehead atoms. The van der Waals surface area contributed by atoms with Gasteiger partial charge < -0.3 is 9.15 Å². The molecule has 1 aromatic heterocycles. The number of nitrogens with zero attached hydrogens (tertiary/aromatic N) is 1. The molecule has 2 heterocycles. The van der Waals surface area contributed by atoms with Crippen molar-refractivity contribution in [2.75, 3.05) is 19.7 Å². The van der Waals surface area contributed by atoms with Crippen LogP contribution in [-0.4, -0.2) is 30.7 Å². The molecular weight excluding hydrogens is 258 g/mol. The topological polar surface area (TPSA) is 25.6 Å². The minimum Gasteiger partial charge on any atom is -0.453 e. The van der Waals surface area contributed by atoms with Crippen LogP contribution in [-0.2, 0) is 11.3 Å². The van der Waals surface area contributed by atoms with Crippen LogP contribution in [0.3, 0.4) is 0 Å². The van der Waals surface area contributed by atoms with Gasteiger partial charge in [-0.15, -0.1) is 0 Å². The largest absolute Gasteiger partial charge is 0.453 e. The summed E-state index contributed by atoms with van der Waals surface area (Å²) in [5, 5.41) is 0. The number of furan rings is 1. The predicted molar refractivity (Wildman–Crippen MR) is 61.7 cm³/mol. The van der Waals surface area contributed by atoms with Gasteiger partial charge in [-0.3, -0.25) is 4.90 Å². The van der Waals surface area contributed by atoms with E-state index in [0.29, 0.717) is 6.10 Å². The highest BCUT2D eigenvalue weighted by Gasteiger charge is 2.16. The maximum atomic E-state index is 5.59. The van der Waals surface area contributed by atoms with Gasteiger partial charge >= 0.3 is 0 Å². The molecule has 1 aliphatic rings. The fourth-order valence-electron chi connectivity index (χ4n) is 1.88. The molecule has 1 unspecified atom stereocenters. The maximum Gasteiger partial charge on any atom is 0.169 e. The van der Waals surface area contributed by atoms with Crippen LogP contribution < -0.4 is 0 Å². The van der Waals surface area contributed by atoms with E-state index in [9.17, 15) is 0 Å². The molecule has 0 spiro atoms. The van der Waals surface area contributed by atoms with Gasteiger partial charge in [0, 0.05) is 19.7 Å². The summed E-state index contributed by atoms with van der Waals surface area (Å²) in [7, 11) is 0. The van der Waals surface area contributed by atoms with Gasteiger partial charge in [0.05, 0.1) is 12.6 Å². The van der Waals surface area contributed by atoms with Gasteiger partial charge in [0.15, 0.2) is 4.67 Å². The number of halogens is 1. The van der Waals surface area contributed by atoms with Crippen molar-refractivity contribution in [3.63, 3.8) is 0 Å². The Morgan fingerprint density at radius 1 is 1.53 bits per heavy atom. The predicted octanol–water partition coefficient (Wildman–Crippen LogP) is 2.65. The molecule has 1 aromatic rings. The van der Waals surface area contributed by atoms with E-state index in [1.165, 1.54) is 0 Å². The summed E-state index contributed by atoms with van der Waals surface area (Å²) in [4.78, 5) is 2.38. The normalized spacial score (nSPS) is 24.0. The zero-order valence-corrected chi connectivity index (χ0v) is 10.5. The van der Waals surface area contributed by atoms with Gasteiger partial charge in [0.1, 0.15) is 5.76 Å². The molecule has 2 rings (SSSR count). The quantitative estimate of drug-likeness (QED) is 0.829. The van der Waals surface area contributed by atoms with Crippen molar-refractivity contribution in [1.29, 1.82) is 0 Å². The lowest BCUT2D eigenvalue weighted by Crippen LogP contribution is -2.29. The van der Waals surface area contributed by atoms with Crippen LogP contribution in [0, 0.1) is 0 Å². The summed E-state index contributed by atoms with van der Waals surface area (Å²) in [5.74, 6) is 1.01. The van der Waals surface area contributed by atoms with Crippen molar-refractivity contribution in [1.82, 2.24) is 4.90 Å². The van der Waals surface area contributed by atoms with Crippen molar-refractivity contribution in [3.8, 4) is 0 Å². The number of hydrogen-bond acceptors (Lipinski definition) is 3.